The van der Waals surface area contributed by atoms with Crippen LogP contribution in [0.25, 0.3) is 0 Å². The largest absolute Gasteiger partial charge is 0.492 e. The summed E-state index contributed by atoms with van der Waals surface area (Å²) < 4.78 is 43.2. The Kier molecular flexibility index (Phi) is 10.5. The van der Waals surface area contributed by atoms with E-state index in [4.69, 9.17) is 10.5 Å². The third kappa shape index (κ3) is 8.67. The molecular weight excluding hydrogens is 500 g/mol. The third-order valence-corrected chi connectivity index (χ3v) is 4.45. The molecule has 3 N–H and O–H groups in total. The van der Waals surface area contributed by atoms with E-state index in [0.29, 0.717) is 31.8 Å². The van der Waals surface area contributed by atoms with Crippen LogP contribution < -0.4 is 15.8 Å². The Bertz CT molecular complexity index is 668. The summed E-state index contributed by atoms with van der Waals surface area (Å²) in [5.74, 6) is 1.04. The minimum Gasteiger partial charge on any atom is -0.492 e. The van der Waals surface area contributed by atoms with Gasteiger partial charge in [0, 0.05) is 26.1 Å². The highest BCUT2D eigenvalue weighted by atomic mass is 127. The zero-order valence-corrected chi connectivity index (χ0v) is 18.7. The quantitative estimate of drug-likeness (QED) is 0.247. The van der Waals surface area contributed by atoms with Crippen LogP contribution >= 0.6 is 24.0 Å². The van der Waals surface area contributed by atoms with Gasteiger partial charge in [-0.3, -0.25) is 4.79 Å². The monoisotopic (exact) mass is 528 g/mol. The number of likely N-dealkylation sites (tertiary alicyclic amines) is 1. The lowest BCUT2D eigenvalue weighted by molar-refractivity contribution is -0.137. The summed E-state index contributed by atoms with van der Waals surface area (Å²) in [6, 6.07) is 4.60. The number of nitrogens with two attached hydrogens (primary N) is 1. The molecule has 1 unspecified atom stereocenters. The van der Waals surface area contributed by atoms with Crippen LogP contribution in [0, 0.1) is 5.92 Å². The highest BCUT2D eigenvalue weighted by Gasteiger charge is 2.30. The molecule has 29 heavy (non-hydrogen) atoms. The molecule has 0 bridgehead atoms. The molecule has 1 aromatic rings. The molecule has 10 heteroatoms. The van der Waals surface area contributed by atoms with Crippen molar-refractivity contribution in [2.45, 2.75) is 32.4 Å². The lowest BCUT2D eigenvalue weighted by Crippen LogP contribution is -2.47. The number of guanidine groups is 1. The van der Waals surface area contributed by atoms with Gasteiger partial charge in [-0.05, 0) is 49.9 Å². The molecule has 164 valence electrons. The third-order valence-electron chi connectivity index (χ3n) is 4.45. The fraction of sp³-hybridized carbons (Fsp3) is 0.579. The predicted octanol–water partition coefficient (Wildman–Crippen LogP) is 3.26. The van der Waals surface area contributed by atoms with Crippen molar-refractivity contribution >= 4 is 35.8 Å². The van der Waals surface area contributed by atoms with Crippen molar-refractivity contribution in [1.82, 2.24) is 10.2 Å². The van der Waals surface area contributed by atoms with E-state index in [1.807, 2.05) is 6.92 Å². The number of amides is 1. The van der Waals surface area contributed by atoms with Crippen LogP contribution in [-0.2, 0) is 11.0 Å². The van der Waals surface area contributed by atoms with Crippen molar-refractivity contribution in [1.29, 1.82) is 0 Å². The van der Waals surface area contributed by atoms with E-state index in [0.717, 1.165) is 37.5 Å². The van der Waals surface area contributed by atoms with Gasteiger partial charge in [0.1, 0.15) is 12.4 Å². The molecule has 0 aliphatic carbocycles. The summed E-state index contributed by atoms with van der Waals surface area (Å²) in [6.07, 6.45) is -2.06. The minimum atomic E-state index is -4.36. The molecule has 1 amide bonds. The number of nitrogens with zero attached hydrogens (tertiary/aromatic N) is 2. The average Bonchev–Trinajstić information content (AvgIpc) is 2.63. The molecule has 1 saturated heterocycles. The number of nitrogens with one attached hydrogen (secondary N) is 1. The van der Waals surface area contributed by atoms with E-state index in [-0.39, 0.29) is 42.4 Å². The van der Waals surface area contributed by atoms with Gasteiger partial charge in [-0.2, -0.15) is 13.2 Å². The predicted molar refractivity (Wildman–Crippen MR) is 116 cm³/mol. The molecule has 1 heterocycles. The van der Waals surface area contributed by atoms with E-state index in [9.17, 15) is 18.0 Å². The Hall–Kier alpha value is -1.72. The van der Waals surface area contributed by atoms with E-state index >= 15 is 0 Å². The standard InChI is InChI=1S/C19H27F3N4O2.HI/c1-2-24-18(26-10-3-4-14(13-26)12-17(23)27)25-9-11-28-16-7-5-15(6-8-16)19(20,21)22;/h5-8,14H,2-4,9-13H2,1H3,(H2,23,27)(H,24,25);1H. The second kappa shape index (κ2) is 12.1. The van der Waals surface area contributed by atoms with Crippen LogP contribution in [0.15, 0.2) is 29.3 Å². The number of alkyl halides is 3. The maximum absolute atomic E-state index is 12.6. The number of halogens is 4. The fourth-order valence-corrected chi connectivity index (χ4v) is 3.19. The highest BCUT2D eigenvalue weighted by molar-refractivity contribution is 14.0. The van der Waals surface area contributed by atoms with Crippen molar-refractivity contribution in [3.8, 4) is 5.75 Å². The molecule has 2 rings (SSSR count). The molecule has 0 aromatic heterocycles. The summed E-state index contributed by atoms with van der Waals surface area (Å²) >= 11 is 0. The maximum atomic E-state index is 12.6. The first-order valence-corrected chi connectivity index (χ1v) is 9.41. The zero-order valence-electron chi connectivity index (χ0n) is 16.4. The Morgan fingerprint density at radius 1 is 1.34 bits per heavy atom. The van der Waals surface area contributed by atoms with Gasteiger partial charge in [0.2, 0.25) is 5.91 Å². The van der Waals surface area contributed by atoms with E-state index in [2.05, 4.69) is 15.2 Å². The first-order valence-electron chi connectivity index (χ1n) is 9.41. The van der Waals surface area contributed by atoms with E-state index in [1.165, 1.54) is 12.1 Å². The van der Waals surface area contributed by atoms with Crippen molar-refractivity contribution in [2.75, 3.05) is 32.8 Å². The molecular formula is C19H28F3IN4O2. The first kappa shape index (κ1) is 25.3. The number of primary amides is 1. The van der Waals surface area contributed by atoms with Gasteiger partial charge in [-0.15, -0.1) is 24.0 Å². The smallest absolute Gasteiger partial charge is 0.416 e. The SMILES string of the molecule is CCNC(=NCCOc1ccc(C(F)(F)F)cc1)N1CCCC(CC(N)=O)C1.I. The van der Waals surface area contributed by atoms with Crippen LogP contribution in [0.1, 0.15) is 31.7 Å². The van der Waals surface area contributed by atoms with E-state index in [1.54, 1.807) is 0 Å². The lowest BCUT2D eigenvalue weighted by Gasteiger charge is -2.34. The number of ether oxygens (including phenoxy) is 1. The highest BCUT2D eigenvalue weighted by Crippen LogP contribution is 2.30. The summed E-state index contributed by atoms with van der Waals surface area (Å²) in [6.45, 7) is 4.85. The zero-order chi connectivity index (χ0) is 20.6. The maximum Gasteiger partial charge on any atom is 0.416 e. The van der Waals surface area contributed by atoms with Crippen molar-refractivity contribution in [3.63, 3.8) is 0 Å². The number of hydrogen-bond donors (Lipinski definition) is 2. The number of benzene rings is 1. The second-order valence-electron chi connectivity index (χ2n) is 6.73. The summed E-state index contributed by atoms with van der Waals surface area (Å²) in [7, 11) is 0. The summed E-state index contributed by atoms with van der Waals surface area (Å²) in [5.41, 5.74) is 4.60. The number of aliphatic imine (C=N–C) groups is 1. The molecule has 0 spiro atoms. The average molecular weight is 528 g/mol. The molecule has 1 aliphatic heterocycles. The number of piperidine rings is 1. The molecule has 0 saturated carbocycles. The van der Waals surface area contributed by atoms with E-state index < -0.39 is 11.7 Å². The Labute approximate surface area is 186 Å². The summed E-state index contributed by atoms with van der Waals surface area (Å²) in [4.78, 5) is 17.8. The first-order chi connectivity index (χ1) is 13.3. The summed E-state index contributed by atoms with van der Waals surface area (Å²) in [5, 5.41) is 3.23. The van der Waals surface area contributed by atoms with Gasteiger partial charge in [0.15, 0.2) is 5.96 Å². The normalized spacial score (nSPS) is 17.4. The molecule has 0 radical (unpaired) electrons. The number of carbonyl (C=O) groups is 1. The Morgan fingerprint density at radius 2 is 2.03 bits per heavy atom. The van der Waals surface area contributed by atoms with Gasteiger partial charge in [-0.1, -0.05) is 0 Å². The molecule has 1 aliphatic rings. The molecule has 1 atom stereocenters. The Balaban J connectivity index is 0.00000420. The van der Waals surface area contributed by atoms with Crippen LogP contribution in [-0.4, -0.2) is 49.6 Å². The number of rotatable bonds is 7. The van der Waals surface area contributed by atoms with Crippen LogP contribution in [0.3, 0.4) is 0 Å². The van der Waals surface area contributed by atoms with Crippen molar-refractivity contribution in [2.24, 2.45) is 16.6 Å². The Morgan fingerprint density at radius 3 is 2.62 bits per heavy atom. The minimum absolute atomic E-state index is 0. The van der Waals surface area contributed by atoms with Crippen LogP contribution in [0.5, 0.6) is 5.75 Å². The topological polar surface area (TPSA) is 80.0 Å². The van der Waals surface area contributed by atoms with Crippen LogP contribution in [0.2, 0.25) is 0 Å². The molecule has 1 aromatic carbocycles. The van der Waals surface area contributed by atoms with Gasteiger partial charge < -0.3 is 20.7 Å². The van der Waals surface area contributed by atoms with Crippen molar-refractivity contribution in [3.05, 3.63) is 29.8 Å². The fourth-order valence-electron chi connectivity index (χ4n) is 3.19. The van der Waals surface area contributed by atoms with Crippen molar-refractivity contribution < 1.29 is 22.7 Å². The van der Waals surface area contributed by atoms with Gasteiger partial charge in [0.25, 0.3) is 0 Å². The van der Waals surface area contributed by atoms with Crippen LogP contribution in [0.4, 0.5) is 13.2 Å². The lowest BCUT2D eigenvalue weighted by atomic mass is 9.95. The number of hydrogen-bond acceptors (Lipinski definition) is 3. The molecule has 6 nitrogen and oxygen atoms in total. The second-order valence-corrected chi connectivity index (χ2v) is 6.73. The molecule has 1 fully saturated rings. The van der Waals surface area contributed by atoms with Gasteiger partial charge in [-0.25, -0.2) is 4.99 Å². The number of carbonyl (C=O) groups excluding carboxylic acids is 1. The van der Waals surface area contributed by atoms with Gasteiger partial charge >= 0.3 is 6.18 Å². The van der Waals surface area contributed by atoms with Gasteiger partial charge in [0.05, 0.1) is 12.1 Å².